The number of rotatable bonds is 13. The van der Waals surface area contributed by atoms with Gasteiger partial charge in [0.25, 0.3) is 0 Å². The molecule has 3 rings (SSSR count). The maximum Gasteiger partial charge on any atom is 0.326 e. The summed E-state index contributed by atoms with van der Waals surface area (Å²) in [6.45, 7) is 2.08. The maximum absolute atomic E-state index is 13.3. The second-order valence-electron chi connectivity index (χ2n) is 9.77. The van der Waals surface area contributed by atoms with Crippen molar-refractivity contribution in [1.29, 1.82) is 0 Å². The first kappa shape index (κ1) is 29.1. The number of fused-ring (bicyclic) bond motifs is 1. The van der Waals surface area contributed by atoms with Crippen molar-refractivity contribution in [3.8, 4) is 0 Å². The minimum absolute atomic E-state index is 0.0557. The van der Waals surface area contributed by atoms with Crippen molar-refractivity contribution in [1.82, 2.24) is 20.5 Å². The van der Waals surface area contributed by atoms with Crippen LogP contribution >= 0.6 is 0 Å². The fourth-order valence-electron chi connectivity index (χ4n) is 4.76. The first-order chi connectivity index (χ1) is 18.1. The molecular weight excluding hydrogens is 492 g/mol. The third-order valence-corrected chi connectivity index (χ3v) is 6.90. The highest BCUT2D eigenvalue weighted by atomic mass is 16.4. The quantitative estimate of drug-likeness (QED) is 0.169. The summed E-state index contributed by atoms with van der Waals surface area (Å²) in [7, 11) is 0. The molecule has 0 spiro atoms. The van der Waals surface area contributed by atoms with Crippen LogP contribution in [0, 0.1) is 0 Å². The molecule has 1 aliphatic heterocycles. The Hall–Kier alpha value is -3.48. The Bertz CT molecular complexity index is 1130. The van der Waals surface area contributed by atoms with Crippen LogP contribution in [0.5, 0.6) is 0 Å². The van der Waals surface area contributed by atoms with E-state index in [0.717, 1.165) is 16.5 Å². The van der Waals surface area contributed by atoms with Crippen molar-refractivity contribution in [2.75, 3.05) is 13.1 Å². The number of nitrogens with one attached hydrogen (secondary N) is 3. The number of para-hydroxylation sites is 1. The summed E-state index contributed by atoms with van der Waals surface area (Å²) in [6, 6.07) is 3.16. The van der Waals surface area contributed by atoms with Gasteiger partial charge in [0.2, 0.25) is 17.7 Å². The van der Waals surface area contributed by atoms with E-state index >= 15 is 0 Å². The molecule has 1 fully saturated rings. The van der Waals surface area contributed by atoms with Crippen molar-refractivity contribution in [2.45, 2.75) is 75.7 Å². The fraction of sp³-hybridized carbons (Fsp3) is 0.538. The molecule has 2 aromatic rings. The van der Waals surface area contributed by atoms with Gasteiger partial charge in [0.15, 0.2) is 0 Å². The van der Waals surface area contributed by atoms with Crippen LogP contribution in [0.15, 0.2) is 30.5 Å². The maximum atomic E-state index is 13.3. The number of aliphatic carboxylic acids is 1. The van der Waals surface area contributed by atoms with Crippen molar-refractivity contribution >= 4 is 34.6 Å². The molecule has 12 heteroatoms. The van der Waals surface area contributed by atoms with Crippen LogP contribution in [0.3, 0.4) is 0 Å². The molecule has 3 amide bonds. The summed E-state index contributed by atoms with van der Waals surface area (Å²) in [5, 5.41) is 26.0. The Morgan fingerprint density at radius 2 is 1.92 bits per heavy atom. The number of carbonyl (C=O) groups is 4. The van der Waals surface area contributed by atoms with Crippen LogP contribution in [0.4, 0.5) is 0 Å². The number of aromatic nitrogens is 1. The zero-order valence-corrected chi connectivity index (χ0v) is 21.6. The summed E-state index contributed by atoms with van der Waals surface area (Å²) < 4.78 is 0. The number of aliphatic hydroxyl groups is 1. The number of benzene rings is 1. The second-order valence-corrected chi connectivity index (χ2v) is 9.77. The van der Waals surface area contributed by atoms with E-state index in [1.807, 2.05) is 24.3 Å². The van der Waals surface area contributed by atoms with Gasteiger partial charge < -0.3 is 42.2 Å². The molecule has 5 unspecified atom stereocenters. The van der Waals surface area contributed by atoms with Crippen LogP contribution in [-0.4, -0.2) is 87.1 Å². The number of hydrogen-bond acceptors (Lipinski definition) is 7. The first-order valence-electron chi connectivity index (χ1n) is 13.0. The molecule has 0 saturated carbocycles. The molecule has 1 aromatic heterocycles. The van der Waals surface area contributed by atoms with Crippen LogP contribution in [0.1, 0.15) is 44.6 Å². The second kappa shape index (κ2) is 13.4. The molecule has 208 valence electrons. The van der Waals surface area contributed by atoms with Gasteiger partial charge in [-0.25, -0.2) is 4.79 Å². The minimum atomic E-state index is -1.29. The van der Waals surface area contributed by atoms with E-state index < -0.39 is 54.0 Å². The molecule has 5 atom stereocenters. The molecule has 0 aliphatic carbocycles. The predicted molar refractivity (Wildman–Crippen MR) is 141 cm³/mol. The van der Waals surface area contributed by atoms with Gasteiger partial charge in [-0.05, 0) is 50.8 Å². The zero-order valence-electron chi connectivity index (χ0n) is 21.6. The van der Waals surface area contributed by atoms with Crippen LogP contribution in [0.2, 0.25) is 0 Å². The smallest absolute Gasteiger partial charge is 0.326 e. The number of H-pyrrole nitrogens is 1. The Morgan fingerprint density at radius 3 is 2.61 bits per heavy atom. The number of aromatic amines is 1. The molecule has 12 nitrogen and oxygen atoms in total. The summed E-state index contributed by atoms with van der Waals surface area (Å²) in [6.07, 6.45) is 3.12. The number of carbonyl (C=O) groups excluding carboxylic acids is 3. The lowest BCUT2D eigenvalue weighted by molar-refractivity contribution is -0.146. The van der Waals surface area contributed by atoms with Crippen molar-refractivity contribution in [3.05, 3.63) is 36.0 Å². The highest BCUT2D eigenvalue weighted by molar-refractivity contribution is 5.95. The lowest BCUT2D eigenvalue weighted by atomic mass is 10.0. The molecule has 1 aliphatic rings. The summed E-state index contributed by atoms with van der Waals surface area (Å²) >= 11 is 0. The SMILES string of the molecule is CC(O)C(NC(=O)C(N)CCCCN)C(=O)N1CCCC1C(=O)NC(Cc1c[nH]c2ccccc12)C(=O)O. The molecule has 1 aromatic carbocycles. The number of carboxylic acids is 1. The normalized spacial score (nSPS) is 18.5. The zero-order chi connectivity index (χ0) is 27.8. The van der Waals surface area contributed by atoms with Crippen molar-refractivity contribution < 1.29 is 29.4 Å². The highest BCUT2D eigenvalue weighted by Gasteiger charge is 2.40. The van der Waals surface area contributed by atoms with Gasteiger partial charge in [-0.1, -0.05) is 24.6 Å². The molecule has 9 N–H and O–H groups in total. The standard InChI is InChI=1S/C26H38N6O6/c1-15(33)22(31-23(34)18(28)8-4-5-11-27)25(36)32-12-6-10-21(32)24(35)30-20(26(37)38)13-16-14-29-19-9-3-2-7-17(16)19/h2-3,7,9,14-15,18,20-22,29,33H,4-6,8,10-13,27-28H2,1H3,(H,30,35)(H,31,34)(H,37,38). The largest absolute Gasteiger partial charge is 0.480 e. The number of hydrogen-bond donors (Lipinski definition) is 7. The van der Waals surface area contributed by atoms with Crippen molar-refractivity contribution in [3.63, 3.8) is 0 Å². The summed E-state index contributed by atoms with van der Waals surface area (Å²) in [5.74, 6) is -3.00. The number of carboxylic acid groups (broad SMARTS) is 1. The lowest BCUT2D eigenvalue weighted by Gasteiger charge is -2.31. The van der Waals surface area contributed by atoms with Crippen LogP contribution in [0.25, 0.3) is 10.9 Å². The van der Waals surface area contributed by atoms with E-state index in [2.05, 4.69) is 15.6 Å². The Kier molecular flexibility index (Phi) is 10.2. The van der Waals surface area contributed by atoms with Crippen molar-refractivity contribution in [2.24, 2.45) is 11.5 Å². The molecule has 2 heterocycles. The number of amides is 3. The average molecular weight is 531 g/mol. The third-order valence-electron chi connectivity index (χ3n) is 6.90. The lowest BCUT2D eigenvalue weighted by Crippen LogP contribution is -2.59. The summed E-state index contributed by atoms with van der Waals surface area (Å²) in [4.78, 5) is 55.5. The monoisotopic (exact) mass is 530 g/mol. The van der Waals surface area contributed by atoms with E-state index in [9.17, 15) is 29.4 Å². The highest BCUT2D eigenvalue weighted by Crippen LogP contribution is 2.22. The molecule has 0 radical (unpaired) electrons. The fourth-order valence-corrected chi connectivity index (χ4v) is 4.76. The molecule has 38 heavy (non-hydrogen) atoms. The Labute approximate surface area is 221 Å². The van der Waals surface area contributed by atoms with E-state index in [1.54, 1.807) is 6.20 Å². The van der Waals surface area contributed by atoms with Gasteiger partial charge in [-0.2, -0.15) is 0 Å². The van der Waals surface area contributed by atoms with Crippen LogP contribution in [-0.2, 0) is 25.6 Å². The molecule has 0 bridgehead atoms. The van der Waals surface area contributed by atoms with E-state index in [1.165, 1.54) is 11.8 Å². The van der Waals surface area contributed by atoms with Gasteiger partial charge in [0.1, 0.15) is 18.1 Å². The van der Waals surface area contributed by atoms with E-state index in [0.29, 0.717) is 38.6 Å². The van der Waals surface area contributed by atoms with Gasteiger partial charge in [0, 0.05) is 30.1 Å². The third kappa shape index (κ3) is 7.09. The van der Waals surface area contributed by atoms with Gasteiger partial charge in [0.05, 0.1) is 12.1 Å². The molecule has 1 saturated heterocycles. The topological polar surface area (TPSA) is 204 Å². The van der Waals surface area contributed by atoms with Gasteiger partial charge in [-0.3, -0.25) is 14.4 Å². The van der Waals surface area contributed by atoms with Gasteiger partial charge >= 0.3 is 5.97 Å². The number of nitrogens with zero attached hydrogens (tertiary/aromatic N) is 1. The number of nitrogens with two attached hydrogens (primary N) is 2. The number of aliphatic hydroxyl groups excluding tert-OH is 1. The Balaban J connectivity index is 1.67. The summed E-state index contributed by atoms with van der Waals surface area (Å²) in [5.41, 5.74) is 13.0. The van der Waals surface area contributed by atoms with Gasteiger partial charge in [-0.15, -0.1) is 0 Å². The predicted octanol–water partition coefficient (Wildman–Crippen LogP) is -0.407. The van der Waals surface area contributed by atoms with E-state index in [4.69, 9.17) is 11.5 Å². The Morgan fingerprint density at radius 1 is 1.18 bits per heavy atom. The van der Waals surface area contributed by atoms with Crippen LogP contribution < -0.4 is 22.1 Å². The number of likely N-dealkylation sites (tertiary alicyclic amines) is 1. The average Bonchev–Trinajstić information content (AvgIpc) is 3.54. The van der Waals surface area contributed by atoms with E-state index in [-0.39, 0.29) is 13.0 Å². The minimum Gasteiger partial charge on any atom is -0.480 e. The first-order valence-corrected chi connectivity index (χ1v) is 13.0. The number of unbranched alkanes of at least 4 members (excludes halogenated alkanes) is 1. The molecular formula is C26H38N6O6.